The summed E-state index contributed by atoms with van der Waals surface area (Å²) < 4.78 is -0.504. The van der Waals surface area contributed by atoms with E-state index in [1.807, 2.05) is 0 Å². The topological polar surface area (TPSA) is 115 Å². The van der Waals surface area contributed by atoms with Crippen molar-refractivity contribution in [2.45, 2.75) is 90.4 Å². The minimum atomic E-state index is -1.42. The van der Waals surface area contributed by atoms with Crippen LogP contribution in [0.3, 0.4) is 0 Å². The summed E-state index contributed by atoms with van der Waals surface area (Å²) in [6, 6.07) is 0. The summed E-state index contributed by atoms with van der Waals surface area (Å²) in [4.78, 5) is 33.2. The van der Waals surface area contributed by atoms with Crippen molar-refractivity contribution in [2.75, 3.05) is 26.2 Å². The minimum Gasteiger partial charge on any atom is -0.544 e. The van der Waals surface area contributed by atoms with Crippen LogP contribution in [0.2, 0.25) is 0 Å². The molecule has 0 aromatic carbocycles. The molecule has 7 nitrogen and oxygen atoms in total. The van der Waals surface area contributed by atoms with E-state index in [1.165, 1.54) is 38.5 Å². The Balaban J connectivity index is 3.97. The number of carboxylic acid groups (broad SMARTS) is 3. The Morgan fingerprint density at radius 1 is 0.700 bits per heavy atom. The van der Waals surface area contributed by atoms with Gasteiger partial charge in [0, 0.05) is 0 Å². The normalized spacial score (nSPS) is 11.8. The van der Waals surface area contributed by atoms with Crippen LogP contribution in [-0.2, 0) is 14.4 Å². The molecule has 0 aromatic heterocycles. The van der Waals surface area contributed by atoms with Crippen LogP contribution in [-0.4, -0.2) is 58.8 Å². The van der Waals surface area contributed by atoms with Gasteiger partial charge in [0.2, 0.25) is 0 Å². The summed E-state index contributed by atoms with van der Waals surface area (Å²) >= 11 is 0. The van der Waals surface area contributed by atoms with Crippen LogP contribution in [0.15, 0.2) is 12.2 Å². The molecule has 0 atom stereocenters. The van der Waals surface area contributed by atoms with Gasteiger partial charge < -0.3 is 24.6 Å². The molecule has 174 valence electrons. The highest BCUT2D eigenvalue weighted by molar-refractivity contribution is 5.72. The fourth-order valence-corrected chi connectivity index (χ4v) is 3.77. The van der Waals surface area contributed by atoms with Gasteiger partial charge in [0.25, 0.3) is 0 Å². The van der Waals surface area contributed by atoms with Gasteiger partial charge in [-0.25, -0.2) is 9.59 Å². The first-order chi connectivity index (χ1) is 14.3. The summed E-state index contributed by atoms with van der Waals surface area (Å²) in [5.41, 5.74) is 0. The number of hydrogen-bond acceptors (Lipinski definition) is 4. The first-order valence-electron chi connectivity index (χ1n) is 11.4. The van der Waals surface area contributed by atoms with Gasteiger partial charge in [-0.15, -0.1) is 0 Å². The Morgan fingerprint density at radius 3 is 1.57 bits per heavy atom. The molecule has 0 amide bonds. The lowest BCUT2D eigenvalue weighted by atomic mass is 10.1. The lowest BCUT2D eigenvalue weighted by Crippen LogP contribution is -2.59. The van der Waals surface area contributed by atoms with Gasteiger partial charge in [-0.3, -0.25) is 0 Å². The summed E-state index contributed by atoms with van der Waals surface area (Å²) in [5.74, 6) is -3.83. The first-order valence-corrected chi connectivity index (χ1v) is 11.4. The third-order valence-electron chi connectivity index (χ3n) is 5.30. The first kappa shape index (κ1) is 28.1. The third-order valence-corrected chi connectivity index (χ3v) is 5.30. The number of nitrogens with zero attached hydrogens (tertiary/aromatic N) is 1. The van der Waals surface area contributed by atoms with E-state index in [-0.39, 0.29) is 6.54 Å². The lowest BCUT2D eigenvalue weighted by molar-refractivity contribution is -0.909. The van der Waals surface area contributed by atoms with Crippen LogP contribution in [0.4, 0.5) is 0 Å². The van der Waals surface area contributed by atoms with Crippen molar-refractivity contribution in [3.05, 3.63) is 12.2 Å². The van der Waals surface area contributed by atoms with E-state index >= 15 is 0 Å². The molecule has 0 radical (unpaired) electrons. The van der Waals surface area contributed by atoms with E-state index in [0.29, 0.717) is 6.42 Å². The van der Waals surface area contributed by atoms with Crippen LogP contribution in [0, 0.1) is 0 Å². The van der Waals surface area contributed by atoms with Crippen LogP contribution < -0.4 is 5.11 Å². The zero-order valence-electron chi connectivity index (χ0n) is 18.7. The molecular weight excluding hydrogens is 386 g/mol. The average Bonchev–Trinajstić information content (AvgIpc) is 2.63. The molecule has 2 N–H and O–H groups in total. The maximum Gasteiger partial charge on any atom is 0.359 e. The maximum absolute atomic E-state index is 11.1. The van der Waals surface area contributed by atoms with Gasteiger partial charge in [0.1, 0.15) is 6.54 Å². The van der Waals surface area contributed by atoms with Crippen molar-refractivity contribution in [3.8, 4) is 0 Å². The highest BCUT2D eigenvalue weighted by atomic mass is 16.4. The molecule has 0 saturated heterocycles. The minimum absolute atomic E-state index is 0.216. The number of carbonyl (C=O) groups is 3. The Kier molecular flexibility index (Phi) is 16.8. The molecule has 0 rings (SSSR count). The maximum atomic E-state index is 11.1. The van der Waals surface area contributed by atoms with E-state index in [0.717, 1.165) is 38.5 Å². The monoisotopic (exact) mass is 427 g/mol. The average molecular weight is 428 g/mol. The molecule has 0 bridgehead atoms. The van der Waals surface area contributed by atoms with E-state index in [4.69, 9.17) is 10.2 Å². The third kappa shape index (κ3) is 17.0. The quantitative estimate of drug-likeness (QED) is 0.165. The highest BCUT2D eigenvalue weighted by Gasteiger charge is 2.33. The van der Waals surface area contributed by atoms with Crippen molar-refractivity contribution in [1.82, 2.24) is 0 Å². The number of unbranched alkanes of at least 4 members (excludes halogenated alkanes) is 11. The van der Waals surface area contributed by atoms with Crippen molar-refractivity contribution in [1.29, 1.82) is 0 Å². The lowest BCUT2D eigenvalue weighted by Gasteiger charge is -2.36. The molecule has 30 heavy (non-hydrogen) atoms. The number of quaternary nitrogens is 1. The Labute approximate surface area is 181 Å². The predicted molar refractivity (Wildman–Crippen MR) is 115 cm³/mol. The molecule has 7 heteroatoms. The number of allylic oxidation sites excluding steroid dienone is 2. The van der Waals surface area contributed by atoms with Gasteiger partial charge in [0.05, 0.1) is 12.5 Å². The van der Waals surface area contributed by atoms with Crippen molar-refractivity contribution in [3.63, 3.8) is 0 Å². The molecule has 0 saturated carbocycles. The fourth-order valence-electron chi connectivity index (χ4n) is 3.77. The second-order valence-corrected chi connectivity index (χ2v) is 8.28. The molecule has 0 aliphatic carbocycles. The van der Waals surface area contributed by atoms with Crippen LogP contribution in [0.25, 0.3) is 0 Å². The predicted octanol–water partition coefficient (Wildman–Crippen LogP) is 3.37. The highest BCUT2D eigenvalue weighted by Crippen LogP contribution is 2.13. The smallest absolute Gasteiger partial charge is 0.359 e. The second-order valence-electron chi connectivity index (χ2n) is 8.28. The van der Waals surface area contributed by atoms with Crippen molar-refractivity contribution < 1.29 is 34.2 Å². The van der Waals surface area contributed by atoms with Gasteiger partial charge in [0.15, 0.2) is 13.1 Å². The molecule has 0 aromatic rings. The molecule has 0 spiro atoms. The molecule has 0 unspecified atom stereocenters. The largest absolute Gasteiger partial charge is 0.544 e. The van der Waals surface area contributed by atoms with Crippen LogP contribution in [0.5, 0.6) is 0 Å². The summed E-state index contributed by atoms with van der Waals surface area (Å²) in [6.07, 6.45) is 19.1. The van der Waals surface area contributed by atoms with Gasteiger partial charge >= 0.3 is 11.9 Å². The van der Waals surface area contributed by atoms with E-state index in [9.17, 15) is 19.5 Å². The fraction of sp³-hybridized carbons (Fsp3) is 0.783. The SMILES string of the molecule is CCCCCCC/C=C/CCCCCCCC[N+](CC(=O)[O-])(CC(=O)O)CC(=O)O. The molecule has 0 aliphatic rings. The van der Waals surface area contributed by atoms with Gasteiger partial charge in [-0.2, -0.15) is 0 Å². The van der Waals surface area contributed by atoms with Crippen molar-refractivity contribution >= 4 is 17.9 Å². The Morgan fingerprint density at radius 2 is 1.13 bits per heavy atom. The number of carbonyl (C=O) groups excluding carboxylic acids is 1. The second kappa shape index (κ2) is 17.9. The summed E-state index contributed by atoms with van der Waals surface area (Å²) in [7, 11) is 0. The Hall–Kier alpha value is -1.89. The number of aliphatic carboxylic acids is 3. The van der Waals surface area contributed by atoms with E-state index in [1.54, 1.807) is 0 Å². The molecule has 0 aliphatic heterocycles. The molecule has 0 heterocycles. The van der Waals surface area contributed by atoms with Crippen molar-refractivity contribution in [2.24, 2.45) is 0 Å². The molecular formula is C23H41NO6. The Bertz CT molecular complexity index is 477. The standard InChI is InChI=1S/C23H41NO6/c1-2-3-4-5-6-7-8-9-10-11-12-13-14-15-16-17-24(18-21(25)26,19-22(27)28)20-23(29)30/h8-9H,2-7,10-20H2,1H3,(H2-,25,26,27,28,29,30)/b9-8+. The van der Waals surface area contributed by atoms with Crippen LogP contribution in [0.1, 0.15) is 90.4 Å². The zero-order chi connectivity index (χ0) is 22.7. The number of hydrogen-bond donors (Lipinski definition) is 2. The van der Waals surface area contributed by atoms with E-state index in [2.05, 4.69) is 19.1 Å². The summed E-state index contributed by atoms with van der Waals surface area (Å²) in [6.45, 7) is 0.802. The number of rotatable bonds is 21. The zero-order valence-corrected chi connectivity index (χ0v) is 18.7. The van der Waals surface area contributed by atoms with Gasteiger partial charge in [-0.05, 0) is 38.5 Å². The summed E-state index contributed by atoms with van der Waals surface area (Å²) in [5, 5.41) is 29.2. The van der Waals surface area contributed by atoms with E-state index < -0.39 is 42.0 Å². The van der Waals surface area contributed by atoms with Crippen LogP contribution >= 0.6 is 0 Å². The van der Waals surface area contributed by atoms with Gasteiger partial charge in [-0.1, -0.05) is 64.0 Å². The number of carboxylic acids is 3. The molecule has 0 fully saturated rings.